The Morgan fingerprint density at radius 2 is 1.34 bits per heavy atom. The first-order chi connectivity index (χ1) is 21.2. The summed E-state index contributed by atoms with van der Waals surface area (Å²) in [5.74, 6) is 0.524. The highest BCUT2D eigenvalue weighted by Crippen LogP contribution is 2.41. The third-order valence-electron chi connectivity index (χ3n) is 8.36. The fraction of sp³-hybridized carbons (Fsp3) is 0.150. The van der Waals surface area contributed by atoms with E-state index in [1.165, 1.54) is 16.5 Å². The first-order valence-corrected chi connectivity index (χ1v) is 15.0. The molecular formula is C40H34N2O2. The lowest BCUT2D eigenvalue weighted by atomic mass is 9.83. The Hall–Kier alpha value is -5.22. The van der Waals surface area contributed by atoms with Crippen LogP contribution in [0.15, 0.2) is 114 Å². The molecule has 0 bridgehead atoms. The molecule has 2 aromatic heterocycles. The minimum absolute atomic E-state index is 0.0197. The molecule has 44 heavy (non-hydrogen) atoms. The van der Waals surface area contributed by atoms with Crippen LogP contribution in [0.4, 0.5) is 0 Å². The van der Waals surface area contributed by atoms with Gasteiger partial charge in [-0.15, -0.1) is 0 Å². The maximum absolute atomic E-state index is 10.6. The molecule has 5 aromatic carbocycles. The summed E-state index contributed by atoms with van der Waals surface area (Å²) < 4.78 is 6.35. The average Bonchev–Trinajstić information content (AvgIpc) is 3.44. The summed E-state index contributed by atoms with van der Waals surface area (Å²) in [6.07, 6.45) is 1.90. The predicted molar refractivity (Wildman–Crippen MR) is 181 cm³/mol. The minimum atomic E-state index is -0.0197. The molecule has 2 heterocycles. The number of hydrogen-bond acceptors (Lipinski definition) is 4. The zero-order valence-electron chi connectivity index (χ0n) is 25.6. The normalized spacial score (nSPS) is 11.8. The predicted octanol–water partition coefficient (Wildman–Crippen LogP) is 10.7. The van der Waals surface area contributed by atoms with Gasteiger partial charge in [0.05, 0.1) is 11.1 Å². The van der Waals surface area contributed by atoms with Crippen LogP contribution in [-0.4, -0.2) is 15.1 Å². The Morgan fingerprint density at radius 1 is 0.636 bits per heavy atom. The van der Waals surface area contributed by atoms with Crippen molar-refractivity contribution in [3.05, 3.63) is 126 Å². The van der Waals surface area contributed by atoms with Crippen LogP contribution >= 0.6 is 0 Å². The lowest BCUT2D eigenvalue weighted by Crippen LogP contribution is -2.11. The van der Waals surface area contributed by atoms with E-state index < -0.39 is 0 Å². The Balaban J connectivity index is 1.50. The van der Waals surface area contributed by atoms with E-state index in [2.05, 4.69) is 89.2 Å². The highest BCUT2D eigenvalue weighted by atomic mass is 16.3. The van der Waals surface area contributed by atoms with Gasteiger partial charge in [-0.1, -0.05) is 75.4 Å². The molecule has 216 valence electrons. The first-order valence-electron chi connectivity index (χ1n) is 15.0. The Bertz CT molecular complexity index is 2190. The van der Waals surface area contributed by atoms with Crippen molar-refractivity contribution >= 4 is 22.0 Å². The third-order valence-corrected chi connectivity index (χ3v) is 8.36. The molecule has 4 nitrogen and oxygen atoms in total. The summed E-state index contributed by atoms with van der Waals surface area (Å²) in [5, 5.41) is 11.8. The summed E-state index contributed by atoms with van der Waals surface area (Å²) >= 11 is 0. The molecule has 0 unspecified atom stereocenters. The second-order valence-corrected chi connectivity index (χ2v) is 12.7. The lowest BCUT2D eigenvalue weighted by molar-refractivity contribution is 0.474. The number of aryl methyl sites for hydroxylation is 2. The van der Waals surface area contributed by atoms with Crippen molar-refractivity contribution in [1.29, 1.82) is 0 Å². The van der Waals surface area contributed by atoms with E-state index in [1.54, 1.807) is 12.1 Å². The summed E-state index contributed by atoms with van der Waals surface area (Å²) in [4.78, 5) is 9.83. The largest absolute Gasteiger partial charge is 0.507 e. The molecule has 0 amide bonds. The molecule has 0 saturated heterocycles. The van der Waals surface area contributed by atoms with Gasteiger partial charge in [0, 0.05) is 22.7 Å². The number of fused-ring (bicyclic) bond motifs is 2. The number of phenolic OH excluding ortho intramolecular Hbond substituents is 1. The van der Waals surface area contributed by atoms with Crippen LogP contribution in [0.1, 0.15) is 37.5 Å². The van der Waals surface area contributed by atoms with E-state index in [4.69, 9.17) is 14.4 Å². The van der Waals surface area contributed by atoms with Gasteiger partial charge in [-0.2, -0.15) is 0 Å². The molecule has 0 radical (unpaired) electrons. The van der Waals surface area contributed by atoms with Crippen LogP contribution in [0, 0.1) is 13.8 Å². The summed E-state index contributed by atoms with van der Waals surface area (Å²) in [7, 11) is 0. The first kappa shape index (κ1) is 27.6. The number of rotatable bonds is 4. The van der Waals surface area contributed by atoms with Crippen LogP contribution in [0.3, 0.4) is 0 Å². The summed E-state index contributed by atoms with van der Waals surface area (Å²) in [6.45, 7) is 11.0. The van der Waals surface area contributed by atoms with E-state index >= 15 is 0 Å². The van der Waals surface area contributed by atoms with E-state index in [0.29, 0.717) is 17.0 Å². The number of aromatic hydroxyl groups is 1. The van der Waals surface area contributed by atoms with Gasteiger partial charge in [-0.3, -0.25) is 4.98 Å². The SMILES string of the molecule is Cc1cc(-c2cc(-c3ccccc3)cc3oc(-c4ccccc4O)nc23)cc(-c2cc(C(C)(C)C)cc3c(C)ccnc23)c1. The van der Waals surface area contributed by atoms with Crippen LogP contribution < -0.4 is 0 Å². The quantitative estimate of drug-likeness (QED) is 0.227. The highest BCUT2D eigenvalue weighted by molar-refractivity contribution is 6.00. The molecule has 1 N–H and O–H groups in total. The number of aromatic nitrogens is 2. The molecule has 7 aromatic rings. The summed E-state index contributed by atoms with van der Waals surface area (Å²) in [6, 6.07) is 35.0. The summed E-state index contributed by atoms with van der Waals surface area (Å²) in [5.41, 5.74) is 13.0. The number of pyridine rings is 1. The number of nitrogens with zero attached hydrogens (tertiary/aromatic N) is 2. The van der Waals surface area contributed by atoms with Gasteiger partial charge in [-0.05, 0) is 107 Å². The molecule has 0 aliphatic rings. The second-order valence-electron chi connectivity index (χ2n) is 12.7. The van der Waals surface area contributed by atoms with Gasteiger partial charge in [-0.25, -0.2) is 4.98 Å². The number of para-hydroxylation sites is 1. The maximum atomic E-state index is 10.6. The number of hydrogen-bond donors (Lipinski definition) is 1. The fourth-order valence-corrected chi connectivity index (χ4v) is 5.95. The molecule has 0 aliphatic carbocycles. The molecule has 0 saturated carbocycles. The monoisotopic (exact) mass is 574 g/mol. The average molecular weight is 575 g/mol. The second kappa shape index (κ2) is 10.5. The van der Waals surface area contributed by atoms with Crippen molar-refractivity contribution in [3.63, 3.8) is 0 Å². The molecule has 0 spiro atoms. The lowest BCUT2D eigenvalue weighted by Gasteiger charge is -2.22. The zero-order valence-corrected chi connectivity index (χ0v) is 25.6. The van der Waals surface area contributed by atoms with Gasteiger partial charge in [0.15, 0.2) is 5.58 Å². The van der Waals surface area contributed by atoms with Crippen LogP contribution in [-0.2, 0) is 5.41 Å². The number of benzene rings is 5. The molecule has 0 atom stereocenters. The fourth-order valence-electron chi connectivity index (χ4n) is 5.95. The van der Waals surface area contributed by atoms with E-state index in [1.807, 2.05) is 42.6 Å². The van der Waals surface area contributed by atoms with Crippen LogP contribution in [0.25, 0.3) is 66.8 Å². The van der Waals surface area contributed by atoms with Crippen molar-refractivity contribution in [2.75, 3.05) is 0 Å². The molecule has 7 rings (SSSR count). The minimum Gasteiger partial charge on any atom is -0.507 e. The van der Waals surface area contributed by atoms with E-state index in [0.717, 1.165) is 50.0 Å². The van der Waals surface area contributed by atoms with Crippen molar-refractivity contribution in [2.45, 2.75) is 40.0 Å². The molecule has 0 aliphatic heterocycles. The van der Waals surface area contributed by atoms with Gasteiger partial charge < -0.3 is 9.52 Å². The van der Waals surface area contributed by atoms with Crippen molar-refractivity contribution in [2.24, 2.45) is 0 Å². The van der Waals surface area contributed by atoms with Gasteiger partial charge in [0.25, 0.3) is 0 Å². The highest BCUT2D eigenvalue weighted by Gasteiger charge is 2.21. The maximum Gasteiger partial charge on any atom is 0.231 e. The van der Waals surface area contributed by atoms with Gasteiger partial charge in [0.1, 0.15) is 11.3 Å². The number of oxazole rings is 1. The van der Waals surface area contributed by atoms with Crippen LogP contribution in [0.2, 0.25) is 0 Å². The Morgan fingerprint density at radius 3 is 2.07 bits per heavy atom. The van der Waals surface area contributed by atoms with Gasteiger partial charge in [0.2, 0.25) is 5.89 Å². The Kier molecular flexibility index (Phi) is 6.58. The molecule has 0 fully saturated rings. The van der Waals surface area contributed by atoms with Crippen LogP contribution in [0.5, 0.6) is 5.75 Å². The Labute approximate surface area is 257 Å². The molecular weight excluding hydrogens is 540 g/mol. The standard InChI is InChI=1S/C40H34N2O2/c1-24-17-28(19-29(18-24)34-23-30(40(3,4)5)22-32-25(2)15-16-41-37(32)34)33-20-27(26-11-7-6-8-12-26)21-36-38(33)42-39(44-36)31-13-9-10-14-35(31)43/h6-23,43H,1-5H3. The van der Waals surface area contributed by atoms with Gasteiger partial charge >= 0.3 is 0 Å². The van der Waals surface area contributed by atoms with E-state index in [9.17, 15) is 5.11 Å². The molecule has 4 heteroatoms. The van der Waals surface area contributed by atoms with E-state index in [-0.39, 0.29) is 11.2 Å². The van der Waals surface area contributed by atoms with Crippen molar-refractivity contribution in [1.82, 2.24) is 9.97 Å². The topological polar surface area (TPSA) is 59.2 Å². The zero-order chi connectivity index (χ0) is 30.6. The third kappa shape index (κ3) is 4.92. The van der Waals surface area contributed by atoms with Crippen molar-refractivity contribution < 1.29 is 9.52 Å². The smallest absolute Gasteiger partial charge is 0.231 e. The van der Waals surface area contributed by atoms with Crippen molar-refractivity contribution in [3.8, 4) is 50.6 Å². The number of phenols is 1.